The third-order valence-electron chi connectivity index (χ3n) is 5.00. The summed E-state index contributed by atoms with van der Waals surface area (Å²) in [6.45, 7) is 8.03. The number of hydrogen-bond donors (Lipinski definition) is 2. The summed E-state index contributed by atoms with van der Waals surface area (Å²) >= 11 is 0. The first-order valence-corrected chi connectivity index (χ1v) is 10.1. The number of guanidine groups is 1. The minimum atomic E-state index is -0.369. The van der Waals surface area contributed by atoms with Crippen molar-refractivity contribution in [2.75, 3.05) is 46.4 Å². The number of carbonyl (C=O) groups excluding carboxylic acids is 1. The summed E-state index contributed by atoms with van der Waals surface area (Å²) < 4.78 is 19.0. The molecule has 0 aromatic heterocycles. The molecule has 7 heteroatoms. The third-order valence-corrected chi connectivity index (χ3v) is 5.00. The zero-order valence-corrected chi connectivity index (χ0v) is 17.3. The topological polar surface area (TPSA) is 66.0 Å². The second-order valence-corrected chi connectivity index (χ2v) is 7.22. The van der Waals surface area contributed by atoms with E-state index in [9.17, 15) is 9.18 Å². The van der Waals surface area contributed by atoms with E-state index in [1.54, 1.807) is 19.1 Å². The normalized spacial score (nSPS) is 15.4. The number of rotatable bonds is 8. The van der Waals surface area contributed by atoms with Gasteiger partial charge in [0.2, 0.25) is 0 Å². The molecule has 1 fully saturated rings. The molecule has 2 N–H and O–H groups in total. The van der Waals surface area contributed by atoms with Crippen molar-refractivity contribution >= 4 is 11.9 Å². The molecule has 1 aliphatic rings. The second-order valence-electron chi connectivity index (χ2n) is 7.22. The number of amides is 1. The van der Waals surface area contributed by atoms with E-state index in [0.29, 0.717) is 30.1 Å². The number of nitrogens with one attached hydrogen (secondary N) is 2. The quantitative estimate of drug-likeness (QED) is 0.405. The van der Waals surface area contributed by atoms with Gasteiger partial charge < -0.3 is 20.3 Å². The minimum Gasteiger partial charge on any atom is -0.381 e. The molecule has 2 rings (SSSR count). The van der Waals surface area contributed by atoms with Crippen LogP contribution in [0.2, 0.25) is 0 Å². The van der Waals surface area contributed by atoms with Crippen molar-refractivity contribution < 1.29 is 13.9 Å². The van der Waals surface area contributed by atoms with Crippen LogP contribution in [0.5, 0.6) is 0 Å². The first kappa shape index (κ1) is 22.1. The lowest BCUT2D eigenvalue weighted by Gasteiger charge is -2.26. The lowest BCUT2D eigenvalue weighted by molar-refractivity contribution is 0.0625. The van der Waals surface area contributed by atoms with E-state index < -0.39 is 0 Å². The lowest BCUT2D eigenvalue weighted by atomic mass is 9.96. The van der Waals surface area contributed by atoms with E-state index in [-0.39, 0.29) is 11.7 Å². The Morgan fingerprint density at radius 1 is 1.32 bits per heavy atom. The maximum atomic E-state index is 13.6. The van der Waals surface area contributed by atoms with Gasteiger partial charge in [0, 0.05) is 45.5 Å². The van der Waals surface area contributed by atoms with Gasteiger partial charge in [0.05, 0.1) is 6.54 Å². The standard InChI is InChI=1S/C21H33FN4O2/c1-4-23-21(26(3)12-7-17-8-13-28-14-9-17)25-11-10-24-20(27)18-6-5-16(2)19(22)15-18/h5-6,15,17H,4,7-14H2,1-3H3,(H,23,25)(H,24,27). The fraction of sp³-hybridized carbons (Fsp3) is 0.619. The van der Waals surface area contributed by atoms with Crippen LogP contribution in [0.4, 0.5) is 4.39 Å². The van der Waals surface area contributed by atoms with Gasteiger partial charge >= 0.3 is 0 Å². The highest BCUT2D eigenvalue weighted by molar-refractivity contribution is 5.94. The van der Waals surface area contributed by atoms with Gasteiger partial charge in [0.1, 0.15) is 5.82 Å². The molecule has 0 saturated carbocycles. The highest BCUT2D eigenvalue weighted by atomic mass is 19.1. The Morgan fingerprint density at radius 2 is 2.07 bits per heavy atom. The van der Waals surface area contributed by atoms with Gasteiger partial charge in [-0.3, -0.25) is 9.79 Å². The summed E-state index contributed by atoms with van der Waals surface area (Å²) in [6, 6.07) is 4.51. The molecule has 0 unspecified atom stereocenters. The fourth-order valence-electron chi connectivity index (χ4n) is 3.15. The van der Waals surface area contributed by atoms with E-state index in [1.807, 2.05) is 14.0 Å². The molecule has 0 bridgehead atoms. The average Bonchev–Trinajstić information content (AvgIpc) is 2.71. The van der Waals surface area contributed by atoms with Gasteiger partial charge in [-0.05, 0) is 56.7 Å². The van der Waals surface area contributed by atoms with Crippen LogP contribution >= 0.6 is 0 Å². The van der Waals surface area contributed by atoms with Crippen LogP contribution in [-0.2, 0) is 4.74 Å². The monoisotopic (exact) mass is 392 g/mol. The van der Waals surface area contributed by atoms with E-state index in [4.69, 9.17) is 4.74 Å². The van der Waals surface area contributed by atoms with Crippen LogP contribution in [0.25, 0.3) is 0 Å². The molecule has 6 nitrogen and oxygen atoms in total. The summed E-state index contributed by atoms with van der Waals surface area (Å²) in [5.41, 5.74) is 0.854. The SMILES string of the molecule is CCNC(=NCCNC(=O)c1ccc(C)c(F)c1)N(C)CCC1CCOCC1. The van der Waals surface area contributed by atoms with Crippen molar-refractivity contribution in [3.63, 3.8) is 0 Å². The highest BCUT2D eigenvalue weighted by Gasteiger charge is 2.15. The second kappa shape index (κ2) is 11.6. The molecule has 0 aliphatic carbocycles. The van der Waals surface area contributed by atoms with Gasteiger partial charge in [-0.15, -0.1) is 0 Å². The van der Waals surface area contributed by atoms with Crippen LogP contribution < -0.4 is 10.6 Å². The Hall–Kier alpha value is -2.15. The van der Waals surface area contributed by atoms with Crippen molar-refractivity contribution in [1.29, 1.82) is 0 Å². The van der Waals surface area contributed by atoms with Crippen molar-refractivity contribution in [2.24, 2.45) is 10.9 Å². The van der Waals surface area contributed by atoms with Gasteiger partial charge in [-0.1, -0.05) is 6.07 Å². The molecule has 0 atom stereocenters. The number of benzene rings is 1. The molecule has 1 aliphatic heterocycles. The first-order chi connectivity index (χ1) is 13.5. The molecule has 1 saturated heterocycles. The fourth-order valence-corrected chi connectivity index (χ4v) is 3.15. The number of aryl methyl sites for hydroxylation is 1. The molecule has 156 valence electrons. The molecular weight excluding hydrogens is 359 g/mol. The van der Waals surface area contributed by atoms with Crippen molar-refractivity contribution in [3.8, 4) is 0 Å². The lowest BCUT2D eigenvalue weighted by Crippen LogP contribution is -2.40. The Bertz CT molecular complexity index is 660. The van der Waals surface area contributed by atoms with Crippen LogP contribution in [0, 0.1) is 18.7 Å². The average molecular weight is 393 g/mol. The summed E-state index contributed by atoms with van der Waals surface area (Å²) in [4.78, 5) is 18.9. The number of carbonyl (C=O) groups is 1. The number of halogens is 1. The van der Waals surface area contributed by atoms with Crippen molar-refractivity contribution in [2.45, 2.75) is 33.1 Å². The Balaban J connectivity index is 1.78. The van der Waals surface area contributed by atoms with Gasteiger partial charge in [-0.2, -0.15) is 0 Å². The smallest absolute Gasteiger partial charge is 0.251 e. The zero-order valence-electron chi connectivity index (χ0n) is 17.3. The largest absolute Gasteiger partial charge is 0.381 e. The molecule has 1 aromatic rings. The number of hydrogen-bond acceptors (Lipinski definition) is 3. The minimum absolute atomic E-state index is 0.285. The van der Waals surface area contributed by atoms with Crippen LogP contribution in [-0.4, -0.2) is 63.2 Å². The Labute approximate surface area is 167 Å². The van der Waals surface area contributed by atoms with Crippen molar-refractivity contribution in [1.82, 2.24) is 15.5 Å². The summed E-state index contributed by atoms with van der Waals surface area (Å²) in [5, 5.41) is 6.09. The molecule has 0 radical (unpaired) electrons. The van der Waals surface area contributed by atoms with Crippen LogP contribution in [0.1, 0.15) is 42.1 Å². The van der Waals surface area contributed by atoms with E-state index >= 15 is 0 Å². The Kier molecular flexibility index (Phi) is 9.20. The first-order valence-electron chi connectivity index (χ1n) is 10.1. The third kappa shape index (κ3) is 7.11. The maximum Gasteiger partial charge on any atom is 0.251 e. The van der Waals surface area contributed by atoms with Crippen molar-refractivity contribution in [3.05, 3.63) is 35.1 Å². The summed E-state index contributed by atoms with van der Waals surface area (Å²) in [5.74, 6) is 0.900. The van der Waals surface area contributed by atoms with E-state index in [2.05, 4.69) is 20.5 Å². The van der Waals surface area contributed by atoms with Gasteiger partial charge in [0.15, 0.2) is 5.96 Å². The predicted octanol–water partition coefficient (Wildman–Crippen LogP) is 2.58. The number of aliphatic imine (C=N–C) groups is 1. The number of ether oxygens (including phenoxy) is 1. The van der Waals surface area contributed by atoms with Gasteiger partial charge in [-0.25, -0.2) is 4.39 Å². The summed E-state index contributed by atoms with van der Waals surface area (Å²) in [6.07, 6.45) is 3.39. The molecular formula is C21H33FN4O2. The summed E-state index contributed by atoms with van der Waals surface area (Å²) in [7, 11) is 2.04. The van der Waals surface area contributed by atoms with Gasteiger partial charge in [0.25, 0.3) is 5.91 Å². The molecule has 1 heterocycles. The zero-order chi connectivity index (χ0) is 20.4. The molecule has 0 spiro atoms. The van der Waals surface area contributed by atoms with E-state index in [1.165, 1.54) is 6.07 Å². The van der Waals surface area contributed by atoms with E-state index in [0.717, 1.165) is 51.5 Å². The molecule has 28 heavy (non-hydrogen) atoms. The van der Waals surface area contributed by atoms with Crippen LogP contribution in [0.15, 0.2) is 23.2 Å². The molecule has 1 aromatic carbocycles. The highest BCUT2D eigenvalue weighted by Crippen LogP contribution is 2.18. The Morgan fingerprint density at radius 3 is 2.75 bits per heavy atom. The molecule has 1 amide bonds. The predicted molar refractivity (Wildman–Crippen MR) is 110 cm³/mol. The van der Waals surface area contributed by atoms with Crippen LogP contribution in [0.3, 0.4) is 0 Å². The maximum absolute atomic E-state index is 13.6. The number of nitrogens with zero attached hydrogens (tertiary/aromatic N) is 2.